The number of hydrogen-bond acceptors (Lipinski definition) is 3. The van der Waals surface area contributed by atoms with Gasteiger partial charge in [-0.3, -0.25) is 9.59 Å². The number of rotatable bonds is 10. The van der Waals surface area contributed by atoms with Gasteiger partial charge in [0, 0.05) is 20.1 Å². The van der Waals surface area contributed by atoms with E-state index >= 15 is 0 Å². The highest BCUT2D eigenvalue weighted by atomic mass is 16.5. The van der Waals surface area contributed by atoms with E-state index in [1.807, 2.05) is 4.90 Å². The van der Waals surface area contributed by atoms with Gasteiger partial charge in [0.2, 0.25) is 11.8 Å². The Labute approximate surface area is 110 Å². The molecule has 0 aromatic heterocycles. The van der Waals surface area contributed by atoms with Gasteiger partial charge in [-0.25, -0.2) is 0 Å². The van der Waals surface area contributed by atoms with Crippen molar-refractivity contribution in [2.24, 2.45) is 0 Å². The number of ether oxygens (including phenoxy) is 1. The van der Waals surface area contributed by atoms with Gasteiger partial charge in [0.15, 0.2) is 0 Å². The van der Waals surface area contributed by atoms with Gasteiger partial charge in [-0.15, -0.1) is 0 Å². The molecule has 0 saturated carbocycles. The molecule has 5 heteroatoms. The van der Waals surface area contributed by atoms with Gasteiger partial charge in [-0.2, -0.15) is 0 Å². The quantitative estimate of drug-likeness (QED) is 0.640. The molecule has 1 N–H and O–H groups in total. The summed E-state index contributed by atoms with van der Waals surface area (Å²) in [6.07, 6.45) is 4.14. The minimum absolute atomic E-state index is 0.0130. The highest BCUT2D eigenvalue weighted by molar-refractivity contribution is 5.79. The molecule has 0 saturated heterocycles. The van der Waals surface area contributed by atoms with Crippen molar-refractivity contribution in [3.8, 4) is 0 Å². The van der Waals surface area contributed by atoms with Crippen LogP contribution in [-0.4, -0.2) is 50.1 Å². The summed E-state index contributed by atoms with van der Waals surface area (Å²) < 4.78 is 5.09. The Bertz CT molecular complexity index is 236. The minimum atomic E-state index is -0.212. The largest absolute Gasteiger partial charge is 0.362 e. The second kappa shape index (κ2) is 11.0. The fraction of sp³-hybridized carbons (Fsp3) is 0.846. The van der Waals surface area contributed by atoms with Crippen molar-refractivity contribution in [2.45, 2.75) is 39.5 Å². The van der Waals surface area contributed by atoms with E-state index in [0.29, 0.717) is 0 Å². The van der Waals surface area contributed by atoms with Gasteiger partial charge >= 0.3 is 0 Å². The topological polar surface area (TPSA) is 58.6 Å². The highest BCUT2D eigenvalue weighted by Crippen LogP contribution is 2.00. The van der Waals surface area contributed by atoms with Gasteiger partial charge in [0.25, 0.3) is 0 Å². The molecular formula is C13H26N2O3. The summed E-state index contributed by atoms with van der Waals surface area (Å²) in [7, 11) is 1.54. The van der Waals surface area contributed by atoms with Crippen LogP contribution in [0.15, 0.2) is 0 Å². The fourth-order valence-corrected chi connectivity index (χ4v) is 1.45. The van der Waals surface area contributed by atoms with Crippen LogP contribution in [0, 0.1) is 0 Å². The third kappa shape index (κ3) is 8.06. The van der Waals surface area contributed by atoms with E-state index in [0.717, 1.165) is 38.8 Å². The summed E-state index contributed by atoms with van der Waals surface area (Å²) in [6, 6.07) is 0. The number of unbranched alkanes of at least 4 members (excludes halogenated alkanes) is 2. The molecule has 0 aliphatic rings. The van der Waals surface area contributed by atoms with Gasteiger partial charge in [-0.1, -0.05) is 26.7 Å². The predicted molar refractivity (Wildman–Crippen MR) is 71.3 cm³/mol. The molecule has 0 unspecified atom stereocenters. The Morgan fingerprint density at radius 2 is 1.61 bits per heavy atom. The van der Waals surface area contributed by atoms with Crippen molar-refractivity contribution in [1.82, 2.24) is 10.2 Å². The van der Waals surface area contributed by atoms with Crippen LogP contribution in [0.3, 0.4) is 0 Å². The summed E-state index contributed by atoms with van der Waals surface area (Å²) in [5.41, 5.74) is 0. The molecule has 0 aromatic rings. The lowest BCUT2D eigenvalue weighted by atomic mass is 10.2. The smallest absolute Gasteiger partial charge is 0.248 e. The van der Waals surface area contributed by atoms with Crippen LogP contribution in [0.1, 0.15) is 39.5 Å². The monoisotopic (exact) mass is 258 g/mol. The number of hydrogen-bond donors (Lipinski definition) is 1. The maximum absolute atomic E-state index is 11.9. The summed E-state index contributed by atoms with van der Waals surface area (Å²) in [5, 5.41) is 2.45. The zero-order chi connectivity index (χ0) is 13.8. The molecule has 0 aromatic carbocycles. The summed E-state index contributed by atoms with van der Waals surface area (Å²) in [6.45, 7) is 5.69. The van der Waals surface area contributed by atoms with E-state index in [2.05, 4.69) is 19.2 Å². The first-order chi connectivity index (χ1) is 8.65. The van der Waals surface area contributed by atoms with Crippen molar-refractivity contribution in [2.75, 3.05) is 33.4 Å². The van der Waals surface area contributed by atoms with Crippen molar-refractivity contribution in [1.29, 1.82) is 0 Å². The van der Waals surface area contributed by atoms with Gasteiger partial charge < -0.3 is 15.0 Å². The zero-order valence-electron chi connectivity index (χ0n) is 11.8. The summed E-state index contributed by atoms with van der Waals surface area (Å²) in [5.74, 6) is -0.239. The van der Waals surface area contributed by atoms with Gasteiger partial charge in [-0.05, 0) is 12.8 Å². The lowest BCUT2D eigenvalue weighted by Gasteiger charge is -2.22. The first-order valence-corrected chi connectivity index (χ1v) is 6.71. The Balaban J connectivity index is 3.98. The first kappa shape index (κ1) is 16.9. The number of carbonyl (C=O) groups is 2. The van der Waals surface area contributed by atoms with E-state index in [-0.39, 0.29) is 25.0 Å². The van der Waals surface area contributed by atoms with Gasteiger partial charge in [0.05, 0.1) is 0 Å². The Morgan fingerprint density at radius 1 is 1.06 bits per heavy atom. The SMILES string of the molecule is CCCCN(CCCC)C(=O)COCC(=O)NC. The maximum Gasteiger partial charge on any atom is 0.248 e. The van der Waals surface area contributed by atoms with Crippen LogP contribution >= 0.6 is 0 Å². The standard InChI is InChI=1S/C13H26N2O3/c1-4-6-8-15(9-7-5-2)13(17)11-18-10-12(16)14-3/h4-11H2,1-3H3,(H,14,16). The molecule has 0 atom stereocenters. The number of nitrogens with one attached hydrogen (secondary N) is 1. The molecule has 5 nitrogen and oxygen atoms in total. The molecule has 0 aliphatic carbocycles. The number of amides is 2. The van der Waals surface area contributed by atoms with Gasteiger partial charge in [0.1, 0.15) is 13.2 Å². The molecule has 0 heterocycles. The Kier molecular flexibility index (Phi) is 10.3. The van der Waals surface area contributed by atoms with Crippen LogP contribution in [0.2, 0.25) is 0 Å². The lowest BCUT2D eigenvalue weighted by molar-refractivity contribution is -0.138. The molecule has 0 bridgehead atoms. The van der Waals surface area contributed by atoms with E-state index in [9.17, 15) is 9.59 Å². The first-order valence-electron chi connectivity index (χ1n) is 6.71. The second-order valence-corrected chi connectivity index (χ2v) is 4.25. The van der Waals surface area contributed by atoms with Crippen LogP contribution in [0.25, 0.3) is 0 Å². The van der Waals surface area contributed by atoms with Crippen molar-refractivity contribution < 1.29 is 14.3 Å². The minimum Gasteiger partial charge on any atom is -0.362 e. The molecule has 18 heavy (non-hydrogen) atoms. The zero-order valence-corrected chi connectivity index (χ0v) is 11.8. The van der Waals surface area contributed by atoms with E-state index < -0.39 is 0 Å². The van der Waals surface area contributed by atoms with E-state index in [1.54, 1.807) is 7.05 Å². The third-order valence-electron chi connectivity index (χ3n) is 2.65. The number of likely N-dealkylation sites (N-methyl/N-ethyl adjacent to an activating group) is 1. The maximum atomic E-state index is 11.9. The lowest BCUT2D eigenvalue weighted by Crippen LogP contribution is -2.36. The van der Waals surface area contributed by atoms with Crippen LogP contribution in [0.4, 0.5) is 0 Å². The Morgan fingerprint density at radius 3 is 2.06 bits per heavy atom. The van der Waals surface area contributed by atoms with E-state index in [4.69, 9.17) is 4.74 Å². The molecule has 106 valence electrons. The highest BCUT2D eigenvalue weighted by Gasteiger charge is 2.12. The molecule has 0 rings (SSSR count). The van der Waals surface area contributed by atoms with Crippen LogP contribution < -0.4 is 5.32 Å². The molecule has 2 amide bonds. The average Bonchev–Trinajstić information content (AvgIpc) is 2.38. The molecule has 0 radical (unpaired) electrons. The van der Waals surface area contributed by atoms with Crippen molar-refractivity contribution in [3.05, 3.63) is 0 Å². The molecule has 0 aliphatic heterocycles. The molecular weight excluding hydrogens is 232 g/mol. The average molecular weight is 258 g/mol. The van der Waals surface area contributed by atoms with Crippen LogP contribution in [-0.2, 0) is 14.3 Å². The summed E-state index contributed by atoms with van der Waals surface area (Å²) >= 11 is 0. The predicted octanol–water partition coefficient (Wildman–Crippen LogP) is 1.18. The second-order valence-electron chi connectivity index (χ2n) is 4.25. The molecule has 0 fully saturated rings. The Hall–Kier alpha value is -1.10. The van der Waals surface area contributed by atoms with Crippen LogP contribution in [0.5, 0.6) is 0 Å². The van der Waals surface area contributed by atoms with Crippen molar-refractivity contribution >= 4 is 11.8 Å². The van der Waals surface area contributed by atoms with Crippen molar-refractivity contribution in [3.63, 3.8) is 0 Å². The number of carbonyl (C=O) groups excluding carboxylic acids is 2. The van der Waals surface area contributed by atoms with E-state index in [1.165, 1.54) is 0 Å². The third-order valence-corrected chi connectivity index (χ3v) is 2.65. The fourth-order valence-electron chi connectivity index (χ4n) is 1.45. The number of nitrogens with zero attached hydrogens (tertiary/aromatic N) is 1. The molecule has 0 spiro atoms. The normalized spacial score (nSPS) is 10.2. The summed E-state index contributed by atoms with van der Waals surface area (Å²) in [4.78, 5) is 24.7.